The zero-order valence-electron chi connectivity index (χ0n) is 16.9. The summed E-state index contributed by atoms with van der Waals surface area (Å²) in [6, 6.07) is 19.1. The molecule has 0 radical (unpaired) electrons. The molecule has 0 aliphatic rings. The summed E-state index contributed by atoms with van der Waals surface area (Å²) in [7, 11) is -3.80. The van der Waals surface area contributed by atoms with Crippen molar-refractivity contribution in [2.24, 2.45) is 5.14 Å². The van der Waals surface area contributed by atoms with Gasteiger partial charge in [0.25, 0.3) is 0 Å². The normalized spacial score (nSPS) is 12.1. The molecule has 1 unspecified atom stereocenters. The van der Waals surface area contributed by atoms with E-state index in [0.717, 1.165) is 11.1 Å². The quantitative estimate of drug-likeness (QED) is 0.549. The Kier molecular flexibility index (Phi) is 6.75. The van der Waals surface area contributed by atoms with Crippen LogP contribution in [0.25, 0.3) is 11.3 Å². The Morgan fingerprint density at radius 2 is 1.74 bits per heavy atom. The zero-order valence-corrected chi connectivity index (χ0v) is 18.5. The number of carbonyl (C=O) groups excluding carboxylic acids is 1. The summed E-state index contributed by atoms with van der Waals surface area (Å²) in [5.74, 6) is -0.306. The summed E-state index contributed by atoms with van der Waals surface area (Å²) in [6.07, 6.45) is 0. The summed E-state index contributed by atoms with van der Waals surface area (Å²) in [6.45, 7) is 3.71. The SMILES string of the molecule is Cc1ccc(-c2ccc(C#N)c(SC(C)C(=O)Nc3ccc(S(N)(=O)=O)cc3)n2)cc1. The molecular formula is C22H20N4O3S2. The number of thioether (sulfide) groups is 1. The van der Waals surface area contributed by atoms with Crippen LogP contribution in [0.1, 0.15) is 18.1 Å². The molecule has 3 aromatic rings. The second kappa shape index (κ2) is 9.31. The van der Waals surface area contributed by atoms with Gasteiger partial charge in [0, 0.05) is 11.3 Å². The van der Waals surface area contributed by atoms with Crippen molar-refractivity contribution in [1.29, 1.82) is 5.26 Å². The number of hydrogen-bond acceptors (Lipinski definition) is 6. The fraction of sp³-hybridized carbons (Fsp3) is 0.136. The molecule has 3 rings (SSSR count). The molecule has 0 saturated heterocycles. The molecule has 3 N–H and O–H groups in total. The highest BCUT2D eigenvalue weighted by molar-refractivity contribution is 8.00. The second-order valence-corrected chi connectivity index (χ2v) is 9.74. The van der Waals surface area contributed by atoms with E-state index in [1.54, 1.807) is 19.1 Å². The van der Waals surface area contributed by atoms with Crippen molar-refractivity contribution in [3.63, 3.8) is 0 Å². The van der Waals surface area contributed by atoms with Gasteiger partial charge < -0.3 is 5.32 Å². The van der Waals surface area contributed by atoms with Crippen molar-refractivity contribution in [2.75, 3.05) is 5.32 Å². The number of aromatic nitrogens is 1. The van der Waals surface area contributed by atoms with Gasteiger partial charge in [-0.2, -0.15) is 5.26 Å². The molecule has 0 aliphatic heterocycles. The lowest BCUT2D eigenvalue weighted by Crippen LogP contribution is -2.22. The topological polar surface area (TPSA) is 126 Å². The number of aryl methyl sites for hydroxylation is 1. The molecule has 7 nitrogen and oxygen atoms in total. The number of pyridine rings is 1. The van der Waals surface area contributed by atoms with Crippen molar-refractivity contribution >= 4 is 33.4 Å². The number of hydrogen-bond donors (Lipinski definition) is 2. The van der Waals surface area contributed by atoms with Gasteiger partial charge in [-0.15, -0.1) is 0 Å². The van der Waals surface area contributed by atoms with Gasteiger partial charge in [-0.3, -0.25) is 4.79 Å². The van der Waals surface area contributed by atoms with Gasteiger partial charge in [-0.05, 0) is 50.2 Å². The highest BCUT2D eigenvalue weighted by Crippen LogP contribution is 2.29. The van der Waals surface area contributed by atoms with E-state index < -0.39 is 15.3 Å². The molecule has 1 amide bonds. The highest BCUT2D eigenvalue weighted by atomic mass is 32.2. The Labute approximate surface area is 185 Å². The first-order valence-electron chi connectivity index (χ1n) is 9.26. The first-order valence-corrected chi connectivity index (χ1v) is 11.7. The second-order valence-electron chi connectivity index (χ2n) is 6.85. The predicted octanol–water partition coefficient (Wildman–Crippen LogP) is 3.70. The molecule has 1 aromatic heterocycles. The Balaban J connectivity index is 1.76. The molecule has 2 aromatic carbocycles. The van der Waals surface area contributed by atoms with Crippen LogP contribution in [-0.2, 0) is 14.8 Å². The molecule has 1 heterocycles. The number of benzene rings is 2. The van der Waals surface area contributed by atoms with Crippen molar-refractivity contribution in [3.05, 3.63) is 71.8 Å². The van der Waals surface area contributed by atoms with E-state index in [4.69, 9.17) is 5.14 Å². The van der Waals surface area contributed by atoms with Gasteiger partial charge in [-0.1, -0.05) is 41.6 Å². The Bertz CT molecular complexity index is 1250. The Hall–Kier alpha value is -3.19. The predicted molar refractivity (Wildman–Crippen MR) is 121 cm³/mol. The first-order chi connectivity index (χ1) is 14.7. The monoisotopic (exact) mass is 452 g/mol. The third kappa shape index (κ3) is 5.70. The van der Waals surface area contributed by atoms with Gasteiger partial charge in [-0.25, -0.2) is 18.5 Å². The summed E-state index contributed by atoms with van der Waals surface area (Å²) in [4.78, 5) is 17.2. The lowest BCUT2D eigenvalue weighted by molar-refractivity contribution is -0.115. The summed E-state index contributed by atoms with van der Waals surface area (Å²) < 4.78 is 22.7. The summed E-state index contributed by atoms with van der Waals surface area (Å²) >= 11 is 1.18. The molecular weight excluding hydrogens is 432 g/mol. The minimum absolute atomic E-state index is 0.0382. The van der Waals surface area contributed by atoms with Crippen LogP contribution in [-0.4, -0.2) is 24.6 Å². The maximum atomic E-state index is 12.6. The van der Waals surface area contributed by atoms with Gasteiger partial charge in [0.15, 0.2) is 0 Å². The van der Waals surface area contributed by atoms with E-state index in [2.05, 4.69) is 16.4 Å². The lowest BCUT2D eigenvalue weighted by atomic mass is 10.1. The average molecular weight is 453 g/mol. The largest absolute Gasteiger partial charge is 0.325 e. The molecule has 0 saturated carbocycles. The van der Waals surface area contributed by atoms with E-state index >= 15 is 0 Å². The number of amides is 1. The van der Waals surface area contributed by atoms with Crippen LogP contribution in [0.3, 0.4) is 0 Å². The van der Waals surface area contributed by atoms with Gasteiger partial charge >= 0.3 is 0 Å². The van der Waals surface area contributed by atoms with Crippen molar-refractivity contribution in [3.8, 4) is 17.3 Å². The molecule has 0 aliphatic carbocycles. The molecule has 158 valence electrons. The van der Waals surface area contributed by atoms with Crippen molar-refractivity contribution in [2.45, 2.75) is 29.0 Å². The van der Waals surface area contributed by atoms with E-state index in [9.17, 15) is 18.5 Å². The molecule has 0 bridgehead atoms. The third-order valence-corrected chi connectivity index (χ3v) is 6.47. The molecule has 0 spiro atoms. The van der Waals surface area contributed by atoms with Gasteiger partial charge in [0.05, 0.1) is 21.4 Å². The van der Waals surface area contributed by atoms with E-state index in [1.165, 1.54) is 36.0 Å². The number of carbonyl (C=O) groups is 1. The maximum Gasteiger partial charge on any atom is 0.238 e. The summed E-state index contributed by atoms with van der Waals surface area (Å²) in [5, 5.41) is 17.2. The van der Waals surface area contributed by atoms with Crippen molar-refractivity contribution in [1.82, 2.24) is 4.98 Å². The van der Waals surface area contributed by atoms with Crippen LogP contribution >= 0.6 is 11.8 Å². The minimum Gasteiger partial charge on any atom is -0.325 e. The van der Waals surface area contributed by atoms with E-state index in [0.29, 0.717) is 22.0 Å². The fourth-order valence-electron chi connectivity index (χ4n) is 2.69. The summed E-state index contributed by atoms with van der Waals surface area (Å²) in [5.41, 5.74) is 3.59. The minimum atomic E-state index is -3.80. The first kappa shape index (κ1) is 22.5. The number of primary sulfonamides is 1. The Morgan fingerprint density at radius 3 is 2.32 bits per heavy atom. The standard InChI is InChI=1S/C22H20N4O3S2/c1-14-3-5-16(6-4-14)20-12-7-17(13-23)22(26-20)30-15(2)21(27)25-18-8-10-19(11-9-18)31(24,28)29/h3-12,15H,1-2H3,(H,25,27)(H2,24,28,29). The number of rotatable bonds is 6. The molecule has 31 heavy (non-hydrogen) atoms. The number of nitriles is 1. The van der Waals surface area contributed by atoms with Crippen LogP contribution in [0.15, 0.2) is 70.6 Å². The number of nitrogens with one attached hydrogen (secondary N) is 1. The molecule has 0 fully saturated rings. The van der Waals surface area contributed by atoms with Crippen LogP contribution in [0.4, 0.5) is 5.69 Å². The zero-order chi connectivity index (χ0) is 22.6. The lowest BCUT2D eigenvalue weighted by Gasteiger charge is -2.13. The van der Waals surface area contributed by atoms with Crippen molar-refractivity contribution < 1.29 is 13.2 Å². The Morgan fingerprint density at radius 1 is 1.10 bits per heavy atom. The van der Waals surface area contributed by atoms with E-state index in [-0.39, 0.29) is 10.8 Å². The smallest absolute Gasteiger partial charge is 0.238 e. The fourth-order valence-corrected chi connectivity index (χ4v) is 4.10. The number of anilines is 1. The van der Waals surface area contributed by atoms with Crippen LogP contribution in [0.5, 0.6) is 0 Å². The number of nitrogens with two attached hydrogens (primary N) is 1. The van der Waals surface area contributed by atoms with E-state index in [1.807, 2.05) is 31.2 Å². The molecule has 1 atom stereocenters. The van der Waals surface area contributed by atoms with Gasteiger partial charge in [0.1, 0.15) is 11.1 Å². The van der Waals surface area contributed by atoms with Crippen LogP contribution < -0.4 is 10.5 Å². The third-order valence-electron chi connectivity index (χ3n) is 4.44. The number of sulfonamides is 1. The molecule has 9 heteroatoms. The highest BCUT2D eigenvalue weighted by Gasteiger charge is 2.19. The van der Waals surface area contributed by atoms with Crippen LogP contribution in [0.2, 0.25) is 0 Å². The maximum absolute atomic E-state index is 12.6. The number of nitrogens with zero attached hydrogens (tertiary/aromatic N) is 2. The average Bonchev–Trinajstić information content (AvgIpc) is 2.74. The van der Waals surface area contributed by atoms with Gasteiger partial charge in [0.2, 0.25) is 15.9 Å². The van der Waals surface area contributed by atoms with Crippen LogP contribution in [0, 0.1) is 18.3 Å².